The number of aromatic amines is 1. The predicted molar refractivity (Wildman–Crippen MR) is 92.5 cm³/mol. The summed E-state index contributed by atoms with van der Waals surface area (Å²) in [6.45, 7) is -4.53. The molecule has 0 amide bonds. The third kappa shape index (κ3) is 6.33. The number of aliphatic hydroxyl groups excluding tert-OH is 2. The molecule has 1 aromatic heterocycles. The van der Waals surface area contributed by atoms with Gasteiger partial charge in [0.25, 0.3) is 11.4 Å². The molecule has 0 bridgehead atoms. The Bertz CT molecular complexity index is 1280. The van der Waals surface area contributed by atoms with Crippen molar-refractivity contribution in [1.29, 1.82) is 0 Å². The maximum Gasteiger partial charge on any atom is 0.490 e. The summed E-state index contributed by atoms with van der Waals surface area (Å²) in [5.41, 5.74) is -3.82. The number of alkyl halides is 1. The molecule has 1 fully saturated rings. The molecule has 6 atom stereocenters. The molecule has 1 saturated heterocycles. The Balaban J connectivity index is 2.47. The maximum absolute atomic E-state index is 15.5. The van der Waals surface area contributed by atoms with Crippen LogP contribution >= 0.6 is 23.5 Å². The number of phosphoric ester groups is 1. The Kier molecular flexibility index (Phi) is 6.34. The second-order valence-corrected chi connectivity index (χ2v) is 9.94. The van der Waals surface area contributed by atoms with Crippen molar-refractivity contribution in [3.8, 4) is 0 Å². The zero-order chi connectivity index (χ0) is 27.4. The number of aromatic nitrogens is 2. The Morgan fingerprint density at radius 2 is 1.84 bits per heavy atom. The summed E-state index contributed by atoms with van der Waals surface area (Å²) in [6, 6.07) is 0. The number of carbonyl (C=O) groups excluding carboxylic acids is 1. The van der Waals surface area contributed by atoms with Gasteiger partial charge in [-0.15, -0.1) is 0 Å². The lowest BCUT2D eigenvalue weighted by Gasteiger charge is -2.24. The normalized spacial score (nSPS) is 34.0. The van der Waals surface area contributed by atoms with E-state index in [4.69, 9.17) is 18.8 Å². The number of rotatable bonds is 9. The first-order valence-corrected chi connectivity index (χ1v) is 11.9. The number of phosphoric acid groups is 3. The molecule has 0 aliphatic carbocycles. The van der Waals surface area contributed by atoms with E-state index < -0.39 is 71.1 Å². The van der Waals surface area contributed by atoms with Gasteiger partial charge in [-0.2, -0.15) is 8.62 Å². The largest absolute Gasteiger partial charge is 0.490 e. The van der Waals surface area contributed by atoms with E-state index in [1.165, 1.54) is 4.98 Å². The summed E-state index contributed by atoms with van der Waals surface area (Å²) >= 11 is 0. The molecule has 1 aromatic rings. The minimum Gasteiger partial charge on any atom is -0.385 e. The lowest BCUT2D eigenvalue weighted by Crippen LogP contribution is -2.43. The standard InChI is InChI=1S/C10H14FN2O16P3/c11-10(3-26-31(22,23)29-32(24,25)28-30(19,20)21)6(16)5(15)8(27-10)13-1-4(2-14)7(17)12-9(13)18/h1-2,5-6,8,15-16H,3H2,(H,22,23)(H,24,25)(H,12,17,18)(H2,19,20,21)/t5-,6+,8-,10-/m1/s1/i3D2,8D. The van der Waals surface area contributed by atoms with Gasteiger partial charge in [0.2, 0.25) is 0 Å². The number of nitrogens with one attached hydrogen (secondary N) is 1. The van der Waals surface area contributed by atoms with Crippen LogP contribution in [0.15, 0.2) is 15.8 Å². The quantitative estimate of drug-likeness (QED) is 0.129. The number of aldehydes is 1. The number of nitrogens with zero attached hydrogens (tertiary/aromatic N) is 1. The van der Waals surface area contributed by atoms with Crippen LogP contribution in [0, 0.1) is 0 Å². The van der Waals surface area contributed by atoms with Crippen LogP contribution in [0.1, 0.15) is 20.7 Å². The third-order valence-corrected chi connectivity index (χ3v) is 6.88. The molecule has 2 unspecified atom stereocenters. The fourth-order valence-corrected chi connectivity index (χ4v) is 4.91. The van der Waals surface area contributed by atoms with E-state index in [1.54, 1.807) is 0 Å². The van der Waals surface area contributed by atoms with Crippen LogP contribution in [0.5, 0.6) is 0 Å². The second-order valence-electron chi connectivity index (χ2n) is 5.59. The van der Waals surface area contributed by atoms with Crippen LogP contribution in [0.4, 0.5) is 4.39 Å². The van der Waals surface area contributed by atoms with Gasteiger partial charge >= 0.3 is 29.2 Å². The molecule has 32 heavy (non-hydrogen) atoms. The highest BCUT2D eigenvalue weighted by Gasteiger charge is 2.57. The first kappa shape index (κ1) is 22.4. The molecule has 22 heteroatoms. The summed E-state index contributed by atoms with van der Waals surface area (Å²) < 4.78 is 86.8. The molecular formula is C10H14FN2O16P3. The highest BCUT2D eigenvalue weighted by atomic mass is 31.3. The van der Waals surface area contributed by atoms with Crippen molar-refractivity contribution in [2.24, 2.45) is 0 Å². The van der Waals surface area contributed by atoms with Crippen LogP contribution in [-0.4, -0.2) is 70.2 Å². The Hall–Kier alpha value is -1.43. The predicted octanol–water partition coefficient (Wildman–Crippen LogP) is -2.39. The molecule has 0 aromatic carbocycles. The van der Waals surface area contributed by atoms with E-state index in [2.05, 4.69) is 17.9 Å². The molecular weight excluding hydrogens is 516 g/mol. The van der Waals surface area contributed by atoms with Crippen molar-refractivity contribution in [2.45, 2.75) is 24.3 Å². The van der Waals surface area contributed by atoms with E-state index in [0.717, 1.165) is 0 Å². The van der Waals surface area contributed by atoms with Crippen molar-refractivity contribution < 1.29 is 74.7 Å². The summed E-state index contributed by atoms with van der Waals surface area (Å²) in [7, 11) is -18.4. The molecule has 0 spiro atoms. The van der Waals surface area contributed by atoms with Gasteiger partial charge in [-0.3, -0.25) is 23.7 Å². The molecule has 1 aliphatic heterocycles. The molecule has 0 radical (unpaired) electrons. The zero-order valence-electron chi connectivity index (χ0n) is 17.7. The molecule has 2 heterocycles. The summed E-state index contributed by atoms with van der Waals surface area (Å²) in [5, 5.41) is 20.1. The van der Waals surface area contributed by atoms with Gasteiger partial charge in [0.15, 0.2) is 12.5 Å². The molecule has 7 N–H and O–H groups in total. The van der Waals surface area contributed by atoms with E-state index in [0.29, 0.717) is 0 Å². The lowest BCUT2D eigenvalue weighted by molar-refractivity contribution is -0.204. The van der Waals surface area contributed by atoms with Gasteiger partial charge in [0.1, 0.15) is 18.8 Å². The summed E-state index contributed by atoms with van der Waals surface area (Å²) in [5.74, 6) is -4.59. The number of ether oxygens (including phenoxy) is 1. The topological polar surface area (TPSA) is 281 Å². The third-order valence-electron chi connectivity index (χ3n) is 3.24. The van der Waals surface area contributed by atoms with Crippen LogP contribution < -0.4 is 11.2 Å². The Morgan fingerprint density at radius 1 is 1.25 bits per heavy atom. The van der Waals surface area contributed by atoms with E-state index in [9.17, 15) is 43.2 Å². The average molecular weight is 533 g/mol. The van der Waals surface area contributed by atoms with Gasteiger partial charge in [-0.1, -0.05) is 0 Å². The fourth-order valence-electron chi connectivity index (χ4n) is 2.03. The van der Waals surface area contributed by atoms with Gasteiger partial charge in [-0.25, -0.2) is 22.9 Å². The lowest BCUT2D eigenvalue weighted by atomic mass is 10.1. The zero-order valence-corrected chi connectivity index (χ0v) is 17.4. The first-order chi connectivity index (χ1) is 15.5. The average Bonchev–Trinajstić information content (AvgIpc) is 2.79. The maximum atomic E-state index is 15.5. The van der Waals surface area contributed by atoms with E-state index >= 15 is 4.39 Å². The fraction of sp³-hybridized carbons (Fsp3) is 0.500. The van der Waals surface area contributed by atoms with Crippen LogP contribution in [-0.2, 0) is 31.6 Å². The number of aliphatic hydroxyl groups is 2. The van der Waals surface area contributed by atoms with Crippen molar-refractivity contribution in [3.05, 3.63) is 32.6 Å². The molecule has 1 aliphatic rings. The van der Waals surface area contributed by atoms with Gasteiger partial charge in [-0.05, 0) is 0 Å². The number of hydrogen-bond acceptors (Lipinski definition) is 12. The Morgan fingerprint density at radius 3 is 2.38 bits per heavy atom. The minimum atomic E-state index is -6.40. The number of H-pyrrole nitrogens is 1. The van der Waals surface area contributed by atoms with Crippen LogP contribution in [0.2, 0.25) is 0 Å². The molecule has 0 saturated carbocycles. The number of carbonyl (C=O) groups is 1. The molecule has 2 rings (SSSR count). The first-order valence-electron chi connectivity index (χ1n) is 8.92. The second kappa shape index (κ2) is 9.08. The minimum absolute atomic E-state index is 0.146. The van der Waals surface area contributed by atoms with E-state index in [1.807, 2.05) is 0 Å². The van der Waals surface area contributed by atoms with Crippen LogP contribution in [0.25, 0.3) is 0 Å². The van der Waals surface area contributed by atoms with Crippen LogP contribution in [0.3, 0.4) is 0 Å². The van der Waals surface area contributed by atoms with Gasteiger partial charge in [0.05, 0.1) is 9.68 Å². The number of hydrogen-bond donors (Lipinski definition) is 7. The number of halogens is 1. The highest BCUT2D eigenvalue weighted by molar-refractivity contribution is 7.66. The molecule has 18 nitrogen and oxygen atoms in total. The summed E-state index contributed by atoms with van der Waals surface area (Å²) in [6.07, 6.45) is -9.66. The summed E-state index contributed by atoms with van der Waals surface area (Å²) in [4.78, 5) is 71.4. The van der Waals surface area contributed by atoms with Gasteiger partial charge < -0.3 is 34.5 Å². The Labute approximate surface area is 178 Å². The molecule has 182 valence electrons. The van der Waals surface area contributed by atoms with Crippen molar-refractivity contribution in [3.63, 3.8) is 0 Å². The highest BCUT2D eigenvalue weighted by Crippen LogP contribution is 2.66. The van der Waals surface area contributed by atoms with E-state index in [-0.39, 0.29) is 17.1 Å². The monoisotopic (exact) mass is 533 g/mol. The van der Waals surface area contributed by atoms with Crippen molar-refractivity contribution in [1.82, 2.24) is 9.55 Å². The SMILES string of the molecule is [2H]C([2H])(OP(=O)(O)OP(=O)(O)OP(=O)(O)O)[C@@]1(F)O[C@@]([2H])(n2cc(C=O)c(=O)[nH]c2=O)[C@H](O)[C@@H]1O. The smallest absolute Gasteiger partial charge is 0.385 e. The van der Waals surface area contributed by atoms with Gasteiger partial charge in [0, 0.05) is 6.20 Å². The van der Waals surface area contributed by atoms with Crippen molar-refractivity contribution >= 4 is 29.8 Å². The van der Waals surface area contributed by atoms with Crippen molar-refractivity contribution in [2.75, 3.05) is 6.56 Å².